The van der Waals surface area contributed by atoms with Crippen LogP contribution in [-0.4, -0.2) is 31.3 Å². The molecule has 0 unspecified atom stereocenters. The van der Waals surface area contributed by atoms with Crippen LogP contribution in [0.5, 0.6) is 0 Å². The van der Waals surface area contributed by atoms with Gasteiger partial charge in [0.25, 0.3) is 0 Å². The molecule has 0 aromatic rings. The molecule has 0 saturated heterocycles. The fourth-order valence-corrected chi connectivity index (χ4v) is 2.40. The number of hydrogen-bond acceptors (Lipinski definition) is 3. The van der Waals surface area contributed by atoms with Gasteiger partial charge in [-0.25, -0.2) is 0 Å². The van der Waals surface area contributed by atoms with E-state index in [1.54, 1.807) is 7.11 Å². The normalized spacial score (nSPS) is 33.6. The van der Waals surface area contributed by atoms with Crippen molar-refractivity contribution in [3.8, 4) is 0 Å². The third-order valence-electron chi connectivity index (χ3n) is 3.21. The Labute approximate surface area is 87.4 Å². The van der Waals surface area contributed by atoms with E-state index in [2.05, 4.69) is 19.2 Å². The summed E-state index contributed by atoms with van der Waals surface area (Å²) in [5, 5.41) is 3.61. The Bertz CT molecular complexity index is 163. The highest BCUT2D eigenvalue weighted by Gasteiger charge is 2.34. The van der Waals surface area contributed by atoms with Crippen LogP contribution in [0.2, 0.25) is 0 Å². The summed E-state index contributed by atoms with van der Waals surface area (Å²) in [7, 11) is 1.80. The maximum atomic E-state index is 5.87. The van der Waals surface area contributed by atoms with Crippen molar-refractivity contribution in [1.82, 2.24) is 5.32 Å². The average Bonchev–Trinajstić information content (AvgIpc) is 2.18. The highest BCUT2D eigenvalue weighted by atomic mass is 16.5. The molecule has 0 radical (unpaired) electrons. The van der Waals surface area contributed by atoms with E-state index in [1.807, 2.05) is 0 Å². The predicted octanol–water partition coefficient (Wildman–Crippen LogP) is 1.27. The molecule has 14 heavy (non-hydrogen) atoms. The summed E-state index contributed by atoms with van der Waals surface area (Å²) in [6.07, 6.45) is 4.99. The minimum absolute atomic E-state index is 0.170. The second kappa shape index (κ2) is 5.10. The summed E-state index contributed by atoms with van der Waals surface area (Å²) in [5.74, 6) is 0. The first kappa shape index (κ1) is 12.0. The minimum atomic E-state index is 0.170. The number of hydrogen-bond donors (Lipinski definition) is 2. The molecule has 0 atom stereocenters. The number of nitrogens with two attached hydrogens (primary N) is 1. The molecule has 0 aromatic heterocycles. The number of ether oxygens (including phenoxy) is 1. The molecule has 0 heterocycles. The van der Waals surface area contributed by atoms with Gasteiger partial charge in [0.2, 0.25) is 0 Å². The highest BCUT2D eigenvalue weighted by Crippen LogP contribution is 2.29. The van der Waals surface area contributed by atoms with Gasteiger partial charge in [0, 0.05) is 25.2 Å². The van der Waals surface area contributed by atoms with E-state index in [0.717, 1.165) is 32.2 Å². The van der Waals surface area contributed by atoms with E-state index >= 15 is 0 Å². The Hall–Kier alpha value is -0.120. The van der Waals surface area contributed by atoms with Crippen LogP contribution in [0.4, 0.5) is 0 Å². The Balaban J connectivity index is 2.48. The van der Waals surface area contributed by atoms with Gasteiger partial charge in [-0.3, -0.25) is 0 Å². The summed E-state index contributed by atoms with van der Waals surface area (Å²) >= 11 is 0. The Morgan fingerprint density at radius 1 is 1.43 bits per heavy atom. The van der Waals surface area contributed by atoms with Crippen molar-refractivity contribution in [3.05, 3.63) is 0 Å². The van der Waals surface area contributed by atoms with Crippen LogP contribution < -0.4 is 11.1 Å². The molecular formula is C11H24N2O. The Morgan fingerprint density at radius 3 is 2.36 bits per heavy atom. The molecule has 1 aliphatic carbocycles. The molecule has 1 aliphatic rings. The number of rotatable bonds is 4. The van der Waals surface area contributed by atoms with Gasteiger partial charge in [-0.1, -0.05) is 13.8 Å². The van der Waals surface area contributed by atoms with Crippen molar-refractivity contribution < 1.29 is 4.74 Å². The van der Waals surface area contributed by atoms with Crippen LogP contribution >= 0.6 is 0 Å². The van der Waals surface area contributed by atoms with Gasteiger partial charge in [0.1, 0.15) is 0 Å². The van der Waals surface area contributed by atoms with Crippen molar-refractivity contribution in [3.63, 3.8) is 0 Å². The lowest BCUT2D eigenvalue weighted by Gasteiger charge is -2.41. The zero-order valence-electron chi connectivity index (χ0n) is 9.68. The quantitative estimate of drug-likeness (QED) is 0.718. The van der Waals surface area contributed by atoms with E-state index in [9.17, 15) is 0 Å². The third kappa shape index (κ3) is 2.94. The topological polar surface area (TPSA) is 47.3 Å². The fraction of sp³-hybridized carbons (Fsp3) is 1.00. The third-order valence-corrected chi connectivity index (χ3v) is 3.21. The first-order valence-corrected chi connectivity index (χ1v) is 5.62. The monoisotopic (exact) mass is 200 g/mol. The molecule has 3 heteroatoms. The standard InChI is InChI=1S/C11H24N2O/c1-9(2)13-11(8-12)6-4-10(14-3)5-7-11/h9-10,13H,4-8,12H2,1-3H3. The zero-order chi connectivity index (χ0) is 10.6. The molecule has 1 rings (SSSR count). The largest absolute Gasteiger partial charge is 0.381 e. The Kier molecular flexibility index (Phi) is 4.35. The second-order valence-corrected chi connectivity index (χ2v) is 4.72. The molecule has 0 aromatic carbocycles. The van der Waals surface area contributed by atoms with E-state index in [-0.39, 0.29) is 5.54 Å². The highest BCUT2D eigenvalue weighted by molar-refractivity contribution is 4.95. The van der Waals surface area contributed by atoms with Gasteiger partial charge >= 0.3 is 0 Å². The van der Waals surface area contributed by atoms with E-state index < -0.39 is 0 Å². The molecule has 0 spiro atoms. The van der Waals surface area contributed by atoms with Crippen molar-refractivity contribution >= 4 is 0 Å². The molecule has 1 saturated carbocycles. The summed E-state index contributed by atoms with van der Waals surface area (Å²) < 4.78 is 5.37. The summed E-state index contributed by atoms with van der Waals surface area (Å²) in [6.45, 7) is 5.10. The van der Waals surface area contributed by atoms with Crippen LogP contribution in [-0.2, 0) is 4.74 Å². The second-order valence-electron chi connectivity index (χ2n) is 4.72. The van der Waals surface area contributed by atoms with Gasteiger partial charge in [-0.05, 0) is 25.7 Å². The lowest BCUT2D eigenvalue weighted by Crippen LogP contribution is -2.56. The van der Waals surface area contributed by atoms with Crippen LogP contribution in [0, 0.1) is 0 Å². The van der Waals surface area contributed by atoms with Crippen LogP contribution in [0.3, 0.4) is 0 Å². The summed E-state index contributed by atoms with van der Waals surface area (Å²) in [4.78, 5) is 0. The number of nitrogens with one attached hydrogen (secondary N) is 1. The smallest absolute Gasteiger partial charge is 0.0572 e. The first-order valence-electron chi connectivity index (χ1n) is 5.62. The predicted molar refractivity (Wildman–Crippen MR) is 59.3 cm³/mol. The lowest BCUT2D eigenvalue weighted by atomic mass is 9.80. The van der Waals surface area contributed by atoms with Crippen molar-refractivity contribution in [1.29, 1.82) is 0 Å². The summed E-state index contributed by atoms with van der Waals surface area (Å²) in [5.41, 5.74) is 6.04. The van der Waals surface area contributed by atoms with Gasteiger partial charge in [-0.15, -0.1) is 0 Å². The maximum absolute atomic E-state index is 5.87. The average molecular weight is 200 g/mol. The van der Waals surface area contributed by atoms with Crippen molar-refractivity contribution in [2.24, 2.45) is 5.73 Å². The maximum Gasteiger partial charge on any atom is 0.0572 e. The Morgan fingerprint density at radius 2 is 2.00 bits per heavy atom. The van der Waals surface area contributed by atoms with Crippen LogP contribution in [0.15, 0.2) is 0 Å². The fourth-order valence-electron chi connectivity index (χ4n) is 2.40. The van der Waals surface area contributed by atoms with E-state index in [4.69, 9.17) is 10.5 Å². The molecule has 0 aliphatic heterocycles. The molecule has 84 valence electrons. The SMILES string of the molecule is COC1CCC(CN)(NC(C)C)CC1. The van der Waals surface area contributed by atoms with Gasteiger partial charge in [0.05, 0.1) is 6.10 Å². The minimum Gasteiger partial charge on any atom is -0.381 e. The van der Waals surface area contributed by atoms with Gasteiger partial charge in [0.15, 0.2) is 0 Å². The van der Waals surface area contributed by atoms with Crippen molar-refractivity contribution in [2.45, 2.75) is 57.2 Å². The molecule has 0 bridgehead atoms. The summed E-state index contributed by atoms with van der Waals surface area (Å²) in [6, 6.07) is 0.512. The zero-order valence-corrected chi connectivity index (χ0v) is 9.68. The van der Waals surface area contributed by atoms with Crippen LogP contribution in [0.1, 0.15) is 39.5 Å². The van der Waals surface area contributed by atoms with Crippen LogP contribution in [0.25, 0.3) is 0 Å². The molecular weight excluding hydrogens is 176 g/mol. The number of methoxy groups -OCH3 is 1. The molecule has 3 N–H and O–H groups in total. The van der Waals surface area contributed by atoms with Gasteiger partial charge < -0.3 is 15.8 Å². The lowest BCUT2D eigenvalue weighted by molar-refractivity contribution is 0.0412. The molecule has 0 amide bonds. The molecule has 3 nitrogen and oxygen atoms in total. The van der Waals surface area contributed by atoms with E-state index in [0.29, 0.717) is 12.1 Å². The van der Waals surface area contributed by atoms with E-state index in [1.165, 1.54) is 0 Å². The van der Waals surface area contributed by atoms with Crippen molar-refractivity contribution in [2.75, 3.05) is 13.7 Å². The molecule has 1 fully saturated rings. The van der Waals surface area contributed by atoms with Gasteiger partial charge in [-0.2, -0.15) is 0 Å². The first-order chi connectivity index (χ1) is 6.62.